The van der Waals surface area contributed by atoms with Gasteiger partial charge in [0.2, 0.25) is 0 Å². The molecule has 0 bridgehead atoms. The standard InChI is InChI=1S/C17H16N2O3S/c1-20-11-6-7-13-14(8-11)19-17(18-13)23-10-12-9-21-15-4-2-3-5-16(15)22-12/h2-8,12H,9-10H2,1H3,(H,18,19)/t12-/m1/s1. The lowest BCUT2D eigenvalue weighted by Crippen LogP contribution is -2.31. The number of fused-ring (bicyclic) bond motifs is 2. The van der Waals surface area contributed by atoms with Gasteiger partial charge in [-0.25, -0.2) is 4.98 Å². The number of rotatable bonds is 4. The van der Waals surface area contributed by atoms with E-state index in [4.69, 9.17) is 14.2 Å². The number of H-pyrrole nitrogens is 1. The van der Waals surface area contributed by atoms with Crippen LogP contribution in [0.1, 0.15) is 0 Å². The van der Waals surface area contributed by atoms with Gasteiger partial charge >= 0.3 is 0 Å². The zero-order valence-electron chi connectivity index (χ0n) is 12.6. The third-order valence-corrected chi connectivity index (χ3v) is 4.65. The Morgan fingerprint density at radius 2 is 2.13 bits per heavy atom. The minimum absolute atomic E-state index is 0.0117. The second-order valence-corrected chi connectivity index (χ2v) is 6.24. The van der Waals surface area contributed by atoms with Gasteiger partial charge in [-0.15, -0.1) is 0 Å². The Morgan fingerprint density at radius 3 is 3.00 bits per heavy atom. The SMILES string of the molecule is COc1ccc2nc(SC[C@H]3COc4ccccc4O3)[nH]c2c1. The molecule has 0 saturated heterocycles. The zero-order valence-corrected chi connectivity index (χ0v) is 13.4. The quantitative estimate of drug-likeness (QED) is 0.743. The number of hydrogen-bond donors (Lipinski definition) is 1. The lowest BCUT2D eigenvalue weighted by atomic mass is 10.3. The normalized spacial score (nSPS) is 16.5. The fourth-order valence-corrected chi connectivity index (χ4v) is 3.33. The lowest BCUT2D eigenvalue weighted by Gasteiger charge is -2.25. The van der Waals surface area contributed by atoms with Crippen molar-refractivity contribution in [2.24, 2.45) is 0 Å². The summed E-state index contributed by atoms with van der Waals surface area (Å²) >= 11 is 1.63. The Hall–Kier alpha value is -2.34. The predicted molar refractivity (Wildman–Crippen MR) is 89.7 cm³/mol. The van der Waals surface area contributed by atoms with E-state index < -0.39 is 0 Å². The van der Waals surface area contributed by atoms with Gasteiger partial charge in [0.15, 0.2) is 16.7 Å². The molecule has 0 fully saturated rings. The molecule has 1 aliphatic rings. The van der Waals surface area contributed by atoms with Crippen LogP contribution in [0.4, 0.5) is 0 Å². The maximum absolute atomic E-state index is 5.96. The van der Waals surface area contributed by atoms with E-state index in [1.54, 1.807) is 18.9 Å². The maximum atomic E-state index is 5.96. The lowest BCUT2D eigenvalue weighted by molar-refractivity contribution is 0.107. The van der Waals surface area contributed by atoms with Crippen LogP contribution in [0.25, 0.3) is 11.0 Å². The van der Waals surface area contributed by atoms with Crippen LogP contribution in [0.5, 0.6) is 17.2 Å². The van der Waals surface area contributed by atoms with Gasteiger partial charge < -0.3 is 19.2 Å². The Bertz CT molecular complexity index is 834. The third kappa shape index (κ3) is 2.94. The number of ether oxygens (including phenoxy) is 3. The first kappa shape index (κ1) is 14.3. The van der Waals surface area contributed by atoms with Crippen LogP contribution in [0.2, 0.25) is 0 Å². The molecule has 0 saturated carbocycles. The van der Waals surface area contributed by atoms with E-state index in [2.05, 4.69) is 9.97 Å². The van der Waals surface area contributed by atoms with Gasteiger partial charge in [-0.1, -0.05) is 23.9 Å². The molecule has 4 rings (SSSR count). The topological polar surface area (TPSA) is 56.4 Å². The van der Waals surface area contributed by atoms with Crippen molar-refractivity contribution >= 4 is 22.8 Å². The molecule has 0 spiro atoms. The molecule has 0 radical (unpaired) electrons. The van der Waals surface area contributed by atoms with Crippen molar-refractivity contribution in [1.82, 2.24) is 9.97 Å². The average Bonchev–Trinajstić information content (AvgIpc) is 3.01. The fourth-order valence-electron chi connectivity index (χ4n) is 2.48. The second-order valence-electron chi connectivity index (χ2n) is 5.23. The summed E-state index contributed by atoms with van der Waals surface area (Å²) in [6.45, 7) is 0.554. The molecule has 118 valence electrons. The molecule has 1 aliphatic heterocycles. The molecule has 1 aromatic heterocycles. The highest BCUT2D eigenvalue weighted by molar-refractivity contribution is 7.99. The minimum Gasteiger partial charge on any atom is -0.497 e. The molecule has 23 heavy (non-hydrogen) atoms. The van der Waals surface area contributed by atoms with Crippen LogP contribution in [0.3, 0.4) is 0 Å². The van der Waals surface area contributed by atoms with Gasteiger partial charge in [-0.05, 0) is 24.3 Å². The number of nitrogens with zero attached hydrogens (tertiary/aromatic N) is 1. The van der Waals surface area contributed by atoms with Crippen LogP contribution < -0.4 is 14.2 Å². The molecule has 2 aromatic carbocycles. The Morgan fingerprint density at radius 1 is 1.26 bits per heavy atom. The Labute approximate surface area is 138 Å². The van der Waals surface area contributed by atoms with E-state index >= 15 is 0 Å². The monoisotopic (exact) mass is 328 g/mol. The number of hydrogen-bond acceptors (Lipinski definition) is 5. The number of para-hydroxylation sites is 2. The van der Waals surface area contributed by atoms with Crippen LogP contribution >= 0.6 is 11.8 Å². The molecule has 0 aliphatic carbocycles. The van der Waals surface area contributed by atoms with Crippen LogP contribution in [0.15, 0.2) is 47.6 Å². The number of aromatic amines is 1. The van der Waals surface area contributed by atoms with Gasteiger partial charge in [0.05, 0.1) is 18.1 Å². The van der Waals surface area contributed by atoms with Crippen LogP contribution in [0, 0.1) is 0 Å². The van der Waals surface area contributed by atoms with Gasteiger partial charge in [-0.2, -0.15) is 0 Å². The molecule has 1 N–H and O–H groups in total. The number of aromatic nitrogens is 2. The number of benzene rings is 2. The van der Waals surface area contributed by atoms with Gasteiger partial charge in [0.1, 0.15) is 18.5 Å². The summed E-state index contributed by atoms with van der Waals surface area (Å²) in [6, 6.07) is 13.6. The molecular weight excluding hydrogens is 312 g/mol. The van der Waals surface area contributed by atoms with Crippen molar-refractivity contribution in [2.75, 3.05) is 19.5 Å². The van der Waals surface area contributed by atoms with E-state index in [0.717, 1.165) is 39.2 Å². The highest BCUT2D eigenvalue weighted by atomic mass is 32.2. The summed E-state index contributed by atoms with van der Waals surface area (Å²) in [5, 5.41) is 0.871. The van der Waals surface area contributed by atoms with E-state index in [0.29, 0.717) is 6.61 Å². The first-order valence-corrected chi connectivity index (χ1v) is 8.35. The van der Waals surface area contributed by atoms with Crippen molar-refractivity contribution in [3.05, 3.63) is 42.5 Å². The Balaban J connectivity index is 1.43. The molecule has 0 amide bonds. The van der Waals surface area contributed by atoms with Crippen LogP contribution in [-0.2, 0) is 0 Å². The molecule has 0 unspecified atom stereocenters. The van der Waals surface area contributed by atoms with Crippen molar-refractivity contribution in [3.63, 3.8) is 0 Å². The van der Waals surface area contributed by atoms with Crippen molar-refractivity contribution < 1.29 is 14.2 Å². The highest BCUT2D eigenvalue weighted by Crippen LogP contribution is 2.32. The second kappa shape index (κ2) is 6.04. The van der Waals surface area contributed by atoms with E-state index in [1.807, 2.05) is 42.5 Å². The number of thioether (sulfide) groups is 1. The summed E-state index contributed by atoms with van der Waals surface area (Å²) in [7, 11) is 1.66. The van der Waals surface area contributed by atoms with Crippen molar-refractivity contribution in [1.29, 1.82) is 0 Å². The first-order chi connectivity index (χ1) is 11.3. The summed E-state index contributed by atoms with van der Waals surface area (Å²) in [5.41, 5.74) is 1.90. The first-order valence-electron chi connectivity index (χ1n) is 7.37. The smallest absolute Gasteiger partial charge is 0.166 e. The zero-order chi connectivity index (χ0) is 15.6. The van der Waals surface area contributed by atoms with Crippen molar-refractivity contribution in [3.8, 4) is 17.2 Å². The maximum Gasteiger partial charge on any atom is 0.166 e. The Kier molecular flexibility index (Phi) is 3.75. The van der Waals surface area contributed by atoms with Gasteiger partial charge in [0, 0.05) is 11.8 Å². The molecule has 5 nitrogen and oxygen atoms in total. The summed E-state index contributed by atoms with van der Waals surface area (Å²) in [6.07, 6.45) is 0.0117. The van der Waals surface area contributed by atoms with E-state index in [9.17, 15) is 0 Å². The third-order valence-electron chi connectivity index (χ3n) is 3.64. The van der Waals surface area contributed by atoms with Gasteiger partial charge in [0.25, 0.3) is 0 Å². The number of imidazole rings is 1. The summed E-state index contributed by atoms with van der Waals surface area (Å²) in [4.78, 5) is 7.88. The summed E-state index contributed by atoms with van der Waals surface area (Å²) < 4.78 is 16.9. The number of methoxy groups -OCH3 is 1. The highest BCUT2D eigenvalue weighted by Gasteiger charge is 2.21. The van der Waals surface area contributed by atoms with E-state index in [1.165, 1.54) is 0 Å². The minimum atomic E-state index is 0.0117. The number of nitrogens with one attached hydrogen (secondary N) is 1. The largest absolute Gasteiger partial charge is 0.497 e. The van der Waals surface area contributed by atoms with E-state index in [-0.39, 0.29) is 6.10 Å². The van der Waals surface area contributed by atoms with Crippen molar-refractivity contribution in [2.45, 2.75) is 11.3 Å². The van der Waals surface area contributed by atoms with Gasteiger partial charge in [-0.3, -0.25) is 0 Å². The molecular formula is C17H16N2O3S. The fraction of sp³-hybridized carbons (Fsp3) is 0.235. The predicted octanol–water partition coefficient (Wildman–Crippen LogP) is 3.50. The summed E-state index contributed by atoms with van der Waals surface area (Å²) in [5.74, 6) is 3.20. The molecule has 3 aromatic rings. The average molecular weight is 328 g/mol. The van der Waals surface area contributed by atoms with Crippen LogP contribution in [-0.4, -0.2) is 35.5 Å². The molecule has 6 heteroatoms. The molecule has 2 heterocycles. The molecule has 1 atom stereocenters.